The van der Waals surface area contributed by atoms with Crippen molar-refractivity contribution in [3.8, 4) is 0 Å². The molecule has 0 saturated heterocycles. The van der Waals surface area contributed by atoms with Crippen LogP contribution in [0.4, 0.5) is 10.1 Å². The number of carbonyl (C=O) groups is 2. The minimum atomic E-state index is -1.06. The van der Waals surface area contributed by atoms with Crippen molar-refractivity contribution in [2.75, 3.05) is 5.32 Å². The van der Waals surface area contributed by atoms with E-state index in [1.807, 2.05) is 0 Å². The first-order valence-electron chi connectivity index (χ1n) is 9.85. The molecule has 2 aromatic rings. The van der Waals surface area contributed by atoms with E-state index in [0.29, 0.717) is 23.2 Å². The zero-order valence-electron chi connectivity index (χ0n) is 17.0. The quantitative estimate of drug-likeness (QED) is 0.751. The molecule has 1 unspecified atom stereocenters. The van der Waals surface area contributed by atoms with Crippen LogP contribution in [0.1, 0.15) is 58.5 Å². The molecule has 1 saturated carbocycles. The Morgan fingerprint density at radius 3 is 2.70 bits per heavy atom. The number of halogens is 2. The van der Waals surface area contributed by atoms with Crippen LogP contribution in [0.5, 0.6) is 0 Å². The number of nitrogens with one attached hydrogen (secondary N) is 1. The number of nitrogens with zero attached hydrogens (tertiary/aromatic N) is 2. The first-order valence-corrected chi connectivity index (χ1v) is 10.2. The predicted octanol–water partition coefficient (Wildman–Crippen LogP) is 3.94. The van der Waals surface area contributed by atoms with E-state index in [0.717, 1.165) is 12.8 Å². The number of aliphatic hydroxyl groups is 1. The first-order chi connectivity index (χ1) is 14.1. The monoisotopic (exact) mass is 431 g/mol. The van der Waals surface area contributed by atoms with E-state index >= 15 is 0 Å². The maximum absolute atomic E-state index is 14.3. The number of fused-ring (bicyclic) bond motifs is 1. The lowest BCUT2D eigenvalue weighted by molar-refractivity contribution is -0.0224. The van der Waals surface area contributed by atoms with Gasteiger partial charge in [0.15, 0.2) is 0 Å². The normalized spacial score (nSPS) is 17.1. The molecule has 8 heteroatoms. The minimum Gasteiger partial charge on any atom is -0.388 e. The highest BCUT2D eigenvalue weighted by atomic mass is 35.5. The molecule has 0 bridgehead atoms. The second-order valence-corrected chi connectivity index (χ2v) is 8.98. The van der Waals surface area contributed by atoms with Gasteiger partial charge in [-0.25, -0.2) is 4.39 Å². The van der Waals surface area contributed by atoms with Crippen molar-refractivity contribution in [1.29, 1.82) is 0 Å². The van der Waals surface area contributed by atoms with Crippen LogP contribution in [0.15, 0.2) is 24.5 Å². The fourth-order valence-corrected chi connectivity index (χ4v) is 4.51. The lowest BCUT2D eigenvalue weighted by Gasteiger charge is -2.37. The number of rotatable bonds is 5. The van der Waals surface area contributed by atoms with Gasteiger partial charge in [-0.15, -0.1) is 0 Å². The topological polar surface area (TPSA) is 82.5 Å². The third kappa shape index (κ3) is 3.56. The van der Waals surface area contributed by atoms with Crippen molar-refractivity contribution < 1.29 is 19.1 Å². The molecule has 2 heterocycles. The molecule has 2 aliphatic rings. The highest BCUT2D eigenvalue weighted by molar-refractivity contribution is 6.35. The lowest BCUT2D eigenvalue weighted by atomic mass is 9.93. The summed E-state index contributed by atoms with van der Waals surface area (Å²) >= 11 is 6.14. The van der Waals surface area contributed by atoms with Crippen molar-refractivity contribution >= 4 is 29.1 Å². The molecule has 1 aliphatic carbocycles. The van der Waals surface area contributed by atoms with Gasteiger partial charge in [0.05, 0.1) is 39.7 Å². The Bertz CT molecular complexity index is 1050. The third-order valence-corrected chi connectivity index (χ3v) is 6.21. The molecule has 158 valence electrons. The van der Waals surface area contributed by atoms with Crippen molar-refractivity contribution in [3.63, 3.8) is 0 Å². The molecule has 1 fully saturated rings. The molecular weight excluding hydrogens is 409 g/mol. The molecule has 4 rings (SSSR count). The van der Waals surface area contributed by atoms with Gasteiger partial charge in [-0.2, -0.15) is 0 Å². The van der Waals surface area contributed by atoms with Crippen molar-refractivity contribution in [2.24, 2.45) is 5.92 Å². The maximum atomic E-state index is 14.3. The number of hydrogen-bond donors (Lipinski definition) is 2. The third-order valence-electron chi connectivity index (χ3n) is 5.73. The average molecular weight is 432 g/mol. The van der Waals surface area contributed by atoms with E-state index in [4.69, 9.17) is 11.6 Å². The van der Waals surface area contributed by atoms with Crippen LogP contribution in [-0.2, 0) is 6.54 Å². The smallest absolute Gasteiger partial charge is 0.260 e. The van der Waals surface area contributed by atoms with Gasteiger partial charge >= 0.3 is 0 Å². The Kier molecular flexibility index (Phi) is 5.06. The molecule has 1 aromatic carbocycles. The van der Waals surface area contributed by atoms with E-state index < -0.39 is 17.3 Å². The van der Waals surface area contributed by atoms with Crippen LogP contribution in [0, 0.1) is 18.7 Å². The standard InChI is InChI=1S/C22H23ClFN3O3/c1-11-4-7-14(24)17(18(11)23)20(28)26-15-9-25-8-13-10-27(21(29)16(13)15)19(12-5-6-12)22(2,3)30/h4,7-9,12,19,30H,5-6,10H2,1-3H3,(H,26,28). The molecule has 1 aromatic heterocycles. The fourth-order valence-electron chi connectivity index (χ4n) is 4.27. The summed E-state index contributed by atoms with van der Waals surface area (Å²) in [6, 6.07) is 2.34. The largest absolute Gasteiger partial charge is 0.388 e. The van der Waals surface area contributed by atoms with Gasteiger partial charge in [-0.05, 0) is 51.2 Å². The van der Waals surface area contributed by atoms with Gasteiger partial charge in [-0.3, -0.25) is 14.6 Å². The maximum Gasteiger partial charge on any atom is 0.260 e. The highest BCUT2D eigenvalue weighted by Crippen LogP contribution is 2.43. The SMILES string of the molecule is Cc1ccc(F)c(C(=O)Nc2cncc3c2C(=O)N(C(C2CC2)C(C)(C)O)C3)c1Cl. The van der Waals surface area contributed by atoms with Crippen molar-refractivity contribution in [3.05, 3.63) is 57.6 Å². The summed E-state index contributed by atoms with van der Waals surface area (Å²) in [5, 5.41) is 13.3. The Labute approximate surface area is 179 Å². The molecule has 30 heavy (non-hydrogen) atoms. The highest BCUT2D eigenvalue weighted by Gasteiger charge is 2.48. The van der Waals surface area contributed by atoms with E-state index in [9.17, 15) is 19.1 Å². The molecular formula is C22H23ClFN3O3. The molecule has 2 N–H and O–H groups in total. The Balaban J connectivity index is 1.66. The second-order valence-electron chi connectivity index (χ2n) is 8.60. The zero-order valence-corrected chi connectivity index (χ0v) is 17.8. The summed E-state index contributed by atoms with van der Waals surface area (Å²) in [6.07, 6.45) is 4.87. The Hall–Kier alpha value is -2.51. The second kappa shape index (κ2) is 7.32. The minimum absolute atomic E-state index is 0.0248. The summed E-state index contributed by atoms with van der Waals surface area (Å²) < 4.78 is 14.3. The van der Waals surface area contributed by atoms with Crippen molar-refractivity contribution in [1.82, 2.24) is 9.88 Å². The summed E-state index contributed by atoms with van der Waals surface area (Å²) in [7, 11) is 0. The number of amides is 2. The molecule has 1 aliphatic heterocycles. The zero-order chi connectivity index (χ0) is 21.8. The van der Waals surface area contributed by atoms with E-state index in [-0.39, 0.29) is 34.1 Å². The Morgan fingerprint density at radius 1 is 1.37 bits per heavy atom. The molecule has 2 amide bonds. The van der Waals surface area contributed by atoms with Gasteiger partial charge in [0.2, 0.25) is 0 Å². The van der Waals surface area contributed by atoms with E-state index in [1.165, 1.54) is 18.3 Å². The van der Waals surface area contributed by atoms with Gasteiger partial charge < -0.3 is 15.3 Å². The average Bonchev–Trinajstić information content (AvgIpc) is 3.42. The number of benzene rings is 1. The number of pyridine rings is 1. The number of aromatic nitrogens is 1. The van der Waals surface area contributed by atoms with Gasteiger partial charge in [0, 0.05) is 18.3 Å². The molecule has 0 radical (unpaired) electrons. The number of aryl methyl sites for hydroxylation is 1. The van der Waals surface area contributed by atoms with Crippen LogP contribution < -0.4 is 5.32 Å². The van der Waals surface area contributed by atoms with E-state index in [2.05, 4.69) is 10.3 Å². The summed E-state index contributed by atoms with van der Waals surface area (Å²) in [4.78, 5) is 31.8. The number of hydrogen-bond acceptors (Lipinski definition) is 4. The van der Waals surface area contributed by atoms with Crippen LogP contribution in [0.3, 0.4) is 0 Å². The molecule has 1 atom stereocenters. The van der Waals surface area contributed by atoms with Gasteiger partial charge in [0.25, 0.3) is 11.8 Å². The van der Waals surface area contributed by atoms with Gasteiger partial charge in [-0.1, -0.05) is 17.7 Å². The predicted molar refractivity (Wildman–Crippen MR) is 111 cm³/mol. The number of carbonyl (C=O) groups excluding carboxylic acids is 2. The lowest BCUT2D eigenvalue weighted by Crippen LogP contribution is -2.51. The molecule has 6 nitrogen and oxygen atoms in total. The summed E-state index contributed by atoms with van der Waals surface area (Å²) in [5.74, 6) is -1.52. The first kappa shape index (κ1) is 20.8. The van der Waals surface area contributed by atoms with Crippen LogP contribution in [0.2, 0.25) is 5.02 Å². The van der Waals surface area contributed by atoms with Crippen LogP contribution >= 0.6 is 11.6 Å². The fraction of sp³-hybridized carbons (Fsp3) is 0.409. The Morgan fingerprint density at radius 2 is 2.07 bits per heavy atom. The molecule has 0 spiro atoms. The van der Waals surface area contributed by atoms with Gasteiger partial charge in [0.1, 0.15) is 5.82 Å². The summed E-state index contributed by atoms with van der Waals surface area (Å²) in [5.41, 5.74) is 0.407. The summed E-state index contributed by atoms with van der Waals surface area (Å²) in [6.45, 7) is 5.39. The van der Waals surface area contributed by atoms with E-state index in [1.54, 1.807) is 31.9 Å². The van der Waals surface area contributed by atoms with Crippen LogP contribution in [0.25, 0.3) is 0 Å². The number of anilines is 1. The van der Waals surface area contributed by atoms with Crippen LogP contribution in [-0.4, -0.2) is 38.4 Å². The van der Waals surface area contributed by atoms with Crippen molar-refractivity contribution in [2.45, 2.75) is 51.8 Å².